The highest BCUT2D eigenvalue weighted by molar-refractivity contribution is 5.77. The van der Waals surface area contributed by atoms with Gasteiger partial charge in [0.1, 0.15) is 12.3 Å². The zero-order chi connectivity index (χ0) is 16.8. The van der Waals surface area contributed by atoms with Crippen molar-refractivity contribution in [1.82, 2.24) is 19.5 Å². The molecule has 0 aromatic carbocycles. The van der Waals surface area contributed by atoms with Gasteiger partial charge in [0, 0.05) is 0 Å². The van der Waals surface area contributed by atoms with Crippen molar-refractivity contribution in [2.75, 3.05) is 12.3 Å². The number of anilines is 1. The Labute approximate surface area is 131 Å². The minimum atomic E-state index is -1.57. The van der Waals surface area contributed by atoms with E-state index in [0.29, 0.717) is 0 Å². The van der Waals surface area contributed by atoms with Crippen LogP contribution in [0.15, 0.2) is 19.0 Å². The van der Waals surface area contributed by atoms with Crippen molar-refractivity contribution in [1.29, 1.82) is 0 Å². The number of aromatic nitrogens is 4. The van der Waals surface area contributed by atoms with Crippen LogP contribution >= 0.6 is 0 Å². The van der Waals surface area contributed by atoms with Gasteiger partial charge in [-0.25, -0.2) is 4.98 Å². The molecule has 2 aromatic rings. The summed E-state index contributed by atoms with van der Waals surface area (Å²) in [5, 5.41) is 29.7. The van der Waals surface area contributed by atoms with Crippen LogP contribution in [0.25, 0.3) is 11.2 Å². The van der Waals surface area contributed by atoms with Crippen molar-refractivity contribution in [2.24, 2.45) is 5.92 Å². The van der Waals surface area contributed by atoms with Gasteiger partial charge < -0.3 is 25.8 Å². The molecule has 1 aliphatic heterocycles. The SMILES string of the molecule is C#C[C@]1(CO)O[C@@H](n2cnc3c(O)nc(N)nc32)[C@H](C=C)[C@@H]1O. The molecular weight excluding hydrogens is 302 g/mol. The number of imidazole rings is 1. The summed E-state index contributed by atoms with van der Waals surface area (Å²) in [5.74, 6) is 1.15. The maximum atomic E-state index is 10.4. The fourth-order valence-electron chi connectivity index (χ4n) is 2.72. The third kappa shape index (κ3) is 2.04. The molecule has 0 radical (unpaired) electrons. The van der Waals surface area contributed by atoms with Crippen LogP contribution in [0, 0.1) is 18.3 Å². The van der Waals surface area contributed by atoms with E-state index in [2.05, 4.69) is 27.5 Å². The Kier molecular flexibility index (Phi) is 3.45. The molecule has 23 heavy (non-hydrogen) atoms. The van der Waals surface area contributed by atoms with Gasteiger partial charge >= 0.3 is 0 Å². The summed E-state index contributed by atoms with van der Waals surface area (Å²) in [7, 11) is 0. The molecule has 3 rings (SSSR count). The first-order chi connectivity index (χ1) is 11.0. The number of aromatic hydroxyl groups is 1. The number of aliphatic hydroxyl groups excluding tert-OH is 2. The lowest BCUT2D eigenvalue weighted by Gasteiger charge is -2.23. The van der Waals surface area contributed by atoms with Gasteiger partial charge in [-0.1, -0.05) is 12.0 Å². The summed E-state index contributed by atoms with van der Waals surface area (Å²) < 4.78 is 7.18. The van der Waals surface area contributed by atoms with Gasteiger partial charge in [0.2, 0.25) is 11.8 Å². The summed E-state index contributed by atoms with van der Waals surface area (Å²) in [5.41, 5.74) is 4.32. The number of terminal acetylenes is 1. The zero-order valence-corrected chi connectivity index (χ0v) is 12.0. The first kappa shape index (κ1) is 15.2. The smallest absolute Gasteiger partial charge is 0.244 e. The molecule has 0 bridgehead atoms. The number of aliphatic hydroxyl groups is 2. The van der Waals surface area contributed by atoms with E-state index in [9.17, 15) is 15.3 Å². The van der Waals surface area contributed by atoms with Crippen molar-refractivity contribution < 1.29 is 20.1 Å². The van der Waals surface area contributed by atoms with E-state index >= 15 is 0 Å². The average molecular weight is 317 g/mol. The Morgan fingerprint density at radius 2 is 2.30 bits per heavy atom. The molecule has 0 saturated carbocycles. The monoisotopic (exact) mass is 317 g/mol. The van der Waals surface area contributed by atoms with Gasteiger partial charge in [-0.3, -0.25) is 4.57 Å². The molecule has 9 nitrogen and oxygen atoms in total. The van der Waals surface area contributed by atoms with Crippen molar-refractivity contribution in [3.63, 3.8) is 0 Å². The van der Waals surface area contributed by atoms with E-state index in [1.165, 1.54) is 17.0 Å². The predicted molar refractivity (Wildman–Crippen MR) is 79.9 cm³/mol. The van der Waals surface area contributed by atoms with E-state index in [0.717, 1.165) is 0 Å². The first-order valence-corrected chi connectivity index (χ1v) is 6.73. The predicted octanol–water partition coefficient (Wildman–Crippen LogP) is -0.830. The van der Waals surface area contributed by atoms with Crippen molar-refractivity contribution in [2.45, 2.75) is 17.9 Å². The second kappa shape index (κ2) is 5.20. The van der Waals surface area contributed by atoms with Gasteiger partial charge in [-0.05, 0) is 0 Å². The van der Waals surface area contributed by atoms with Gasteiger partial charge in [0.05, 0.1) is 18.9 Å². The Morgan fingerprint density at radius 1 is 1.57 bits per heavy atom. The molecule has 0 amide bonds. The fourth-order valence-corrected chi connectivity index (χ4v) is 2.72. The number of hydrogen-bond donors (Lipinski definition) is 4. The Balaban J connectivity index is 2.15. The molecule has 5 N–H and O–H groups in total. The number of nitrogen functional groups attached to an aromatic ring is 1. The quantitative estimate of drug-likeness (QED) is 0.425. The summed E-state index contributed by atoms with van der Waals surface area (Å²) in [4.78, 5) is 11.7. The van der Waals surface area contributed by atoms with Gasteiger partial charge in [-0.15, -0.1) is 13.0 Å². The van der Waals surface area contributed by atoms with Crippen molar-refractivity contribution >= 4 is 17.1 Å². The topological polar surface area (TPSA) is 140 Å². The average Bonchev–Trinajstić information content (AvgIpc) is 3.06. The lowest BCUT2D eigenvalue weighted by molar-refractivity contribution is -0.0895. The Morgan fingerprint density at radius 3 is 2.91 bits per heavy atom. The molecular formula is C14H15N5O4. The Bertz CT molecular complexity index is 813. The number of rotatable bonds is 3. The first-order valence-electron chi connectivity index (χ1n) is 6.73. The van der Waals surface area contributed by atoms with Gasteiger partial charge in [0.15, 0.2) is 16.8 Å². The van der Waals surface area contributed by atoms with Crippen molar-refractivity contribution in [3.8, 4) is 18.2 Å². The molecule has 0 unspecified atom stereocenters. The number of fused-ring (bicyclic) bond motifs is 1. The maximum Gasteiger partial charge on any atom is 0.244 e. The van der Waals surface area contributed by atoms with E-state index in [4.69, 9.17) is 16.9 Å². The summed E-state index contributed by atoms with van der Waals surface area (Å²) in [6.45, 7) is 3.10. The lowest BCUT2D eigenvalue weighted by Crippen LogP contribution is -2.43. The molecule has 0 spiro atoms. The van der Waals surface area contributed by atoms with E-state index in [1.807, 2.05) is 0 Å². The van der Waals surface area contributed by atoms with Gasteiger partial charge in [0.25, 0.3) is 0 Å². The van der Waals surface area contributed by atoms with Crippen molar-refractivity contribution in [3.05, 3.63) is 19.0 Å². The Hall–Kier alpha value is -2.67. The molecule has 3 heterocycles. The minimum absolute atomic E-state index is 0.127. The molecule has 4 atom stereocenters. The second-order valence-corrected chi connectivity index (χ2v) is 5.19. The number of hydrogen-bond acceptors (Lipinski definition) is 8. The molecule has 9 heteroatoms. The lowest BCUT2D eigenvalue weighted by atomic mass is 9.91. The number of ether oxygens (including phenoxy) is 1. The third-order valence-electron chi connectivity index (χ3n) is 3.95. The molecule has 0 aliphatic carbocycles. The van der Waals surface area contributed by atoms with Gasteiger partial charge in [-0.2, -0.15) is 9.97 Å². The highest BCUT2D eigenvalue weighted by Gasteiger charge is 2.53. The normalized spacial score (nSPS) is 30.4. The molecule has 2 aromatic heterocycles. The van der Waals surface area contributed by atoms with Crippen LogP contribution in [0.2, 0.25) is 0 Å². The second-order valence-electron chi connectivity index (χ2n) is 5.19. The maximum absolute atomic E-state index is 10.4. The van der Waals surface area contributed by atoms with Crippen LogP contribution in [0.1, 0.15) is 6.23 Å². The highest BCUT2D eigenvalue weighted by atomic mass is 16.6. The standard InChI is InChI=1S/C14H15N5O4/c1-3-7-9(21)14(4-2,5-20)23-12(7)19-6-16-8-10(19)17-13(15)18-11(8)22/h2-3,6-7,9,12,20-21H,1,5H2,(H3,15,17,18,22)/t7-,9+,12-,14-/m1/s1. The largest absolute Gasteiger partial charge is 0.492 e. The molecule has 1 saturated heterocycles. The van der Waals surface area contributed by atoms with Crippen LogP contribution in [0.3, 0.4) is 0 Å². The van der Waals surface area contributed by atoms with Crippen LogP contribution in [0.4, 0.5) is 5.95 Å². The number of nitrogens with zero attached hydrogens (tertiary/aromatic N) is 4. The van der Waals surface area contributed by atoms with Crippen LogP contribution in [-0.4, -0.2) is 53.2 Å². The van der Waals surface area contributed by atoms with E-state index in [-0.39, 0.29) is 23.0 Å². The highest BCUT2D eigenvalue weighted by Crippen LogP contribution is 2.43. The third-order valence-corrected chi connectivity index (χ3v) is 3.95. The van der Waals surface area contributed by atoms with Crippen LogP contribution in [0.5, 0.6) is 5.88 Å². The summed E-state index contributed by atoms with van der Waals surface area (Å²) in [6, 6.07) is 0. The zero-order valence-electron chi connectivity index (χ0n) is 12.0. The molecule has 1 aliphatic rings. The molecule has 1 fully saturated rings. The number of nitrogens with two attached hydrogens (primary N) is 1. The summed E-state index contributed by atoms with van der Waals surface area (Å²) >= 11 is 0. The molecule has 120 valence electrons. The van der Waals surface area contributed by atoms with Crippen LogP contribution < -0.4 is 5.73 Å². The summed E-state index contributed by atoms with van der Waals surface area (Å²) in [6.07, 6.45) is 6.25. The minimum Gasteiger partial charge on any atom is -0.492 e. The van der Waals surface area contributed by atoms with E-state index < -0.39 is 30.5 Å². The van der Waals surface area contributed by atoms with Crippen LogP contribution in [-0.2, 0) is 4.74 Å². The fraction of sp³-hybridized carbons (Fsp3) is 0.357. The van der Waals surface area contributed by atoms with E-state index in [1.54, 1.807) is 0 Å².